The average Bonchev–Trinajstić information content (AvgIpc) is 2.37. The van der Waals surface area contributed by atoms with Crippen LogP contribution >= 0.6 is 0 Å². The fraction of sp³-hybridized carbons (Fsp3) is 1.00. The summed E-state index contributed by atoms with van der Waals surface area (Å²) in [4.78, 5) is 0. The maximum Gasteiger partial charge on any atom is -0.0443 e. The van der Waals surface area contributed by atoms with Gasteiger partial charge in [0.2, 0.25) is 0 Å². The Morgan fingerprint density at radius 1 is 0.526 bits per heavy atom. The molecule has 0 fully saturated rings. The van der Waals surface area contributed by atoms with Gasteiger partial charge in [-0.25, -0.2) is 0 Å². The zero-order chi connectivity index (χ0) is 14.5. The standard InChI is InChI=1S/C19H40/c1-6-18(4)15-12-16-19(5)14-11-9-7-8-10-13-17(2)3/h17-19H,6-16H2,1-5H3/t18-,19-/m1/s1. The summed E-state index contributed by atoms with van der Waals surface area (Å²) in [6.45, 7) is 11.8. The second-order valence-electron chi connectivity index (χ2n) is 7.29. The molecule has 0 heteroatoms. The molecule has 0 aromatic rings. The van der Waals surface area contributed by atoms with E-state index in [4.69, 9.17) is 0 Å². The van der Waals surface area contributed by atoms with Gasteiger partial charge in [0.25, 0.3) is 0 Å². The first kappa shape index (κ1) is 19.0. The van der Waals surface area contributed by atoms with E-state index in [1.54, 1.807) is 0 Å². The van der Waals surface area contributed by atoms with Crippen LogP contribution in [-0.4, -0.2) is 0 Å². The first-order valence-corrected chi connectivity index (χ1v) is 9.06. The van der Waals surface area contributed by atoms with Gasteiger partial charge in [-0.15, -0.1) is 0 Å². The van der Waals surface area contributed by atoms with Crippen molar-refractivity contribution in [2.24, 2.45) is 17.8 Å². The highest BCUT2D eigenvalue weighted by molar-refractivity contribution is 4.57. The Labute approximate surface area is 123 Å². The maximum atomic E-state index is 2.45. The first-order valence-electron chi connectivity index (χ1n) is 9.06. The molecular formula is C19H40. The molecule has 19 heavy (non-hydrogen) atoms. The van der Waals surface area contributed by atoms with Crippen LogP contribution in [0.4, 0.5) is 0 Å². The third-order valence-electron chi connectivity index (χ3n) is 4.57. The van der Waals surface area contributed by atoms with Crippen LogP contribution in [-0.2, 0) is 0 Å². The predicted octanol–water partition coefficient (Wildman–Crippen LogP) is 7.23. The van der Waals surface area contributed by atoms with Crippen LogP contribution in [0.3, 0.4) is 0 Å². The van der Waals surface area contributed by atoms with Gasteiger partial charge in [-0.3, -0.25) is 0 Å². The van der Waals surface area contributed by atoms with Crippen LogP contribution in [0.25, 0.3) is 0 Å². The van der Waals surface area contributed by atoms with E-state index >= 15 is 0 Å². The highest BCUT2D eigenvalue weighted by Gasteiger charge is 2.04. The second kappa shape index (κ2) is 13.0. The third kappa shape index (κ3) is 14.2. The quantitative estimate of drug-likeness (QED) is 0.309. The van der Waals surface area contributed by atoms with Crippen LogP contribution in [0.5, 0.6) is 0 Å². The molecule has 0 N–H and O–H groups in total. The van der Waals surface area contributed by atoms with Gasteiger partial charge in [-0.2, -0.15) is 0 Å². The van der Waals surface area contributed by atoms with E-state index in [1.807, 2.05) is 0 Å². The van der Waals surface area contributed by atoms with E-state index in [9.17, 15) is 0 Å². The molecule has 0 unspecified atom stereocenters. The van der Waals surface area contributed by atoms with Gasteiger partial charge in [0.05, 0.1) is 0 Å². The normalized spacial score (nSPS) is 14.8. The molecule has 0 bridgehead atoms. The van der Waals surface area contributed by atoms with E-state index in [-0.39, 0.29) is 0 Å². The molecule has 0 nitrogen and oxygen atoms in total. The summed E-state index contributed by atoms with van der Waals surface area (Å²) in [6.07, 6.45) is 15.9. The number of hydrogen-bond donors (Lipinski definition) is 0. The molecule has 0 aromatic carbocycles. The molecular weight excluding hydrogens is 228 g/mol. The van der Waals surface area contributed by atoms with E-state index in [0.717, 1.165) is 17.8 Å². The molecule has 2 atom stereocenters. The number of unbranched alkanes of at least 4 members (excludes halogenated alkanes) is 4. The van der Waals surface area contributed by atoms with Gasteiger partial charge in [-0.1, -0.05) is 105 Å². The predicted molar refractivity (Wildman–Crippen MR) is 89.6 cm³/mol. The minimum atomic E-state index is 0.894. The SMILES string of the molecule is CC[C@@H](C)CCC[C@H](C)CCCCCCCC(C)C. The maximum absolute atomic E-state index is 2.45. The summed E-state index contributed by atoms with van der Waals surface area (Å²) in [5.41, 5.74) is 0. The topological polar surface area (TPSA) is 0 Å². The monoisotopic (exact) mass is 268 g/mol. The highest BCUT2D eigenvalue weighted by atomic mass is 14.1. The Morgan fingerprint density at radius 2 is 1.00 bits per heavy atom. The molecule has 0 aliphatic heterocycles. The van der Waals surface area contributed by atoms with Crippen LogP contribution in [0.2, 0.25) is 0 Å². The van der Waals surface area contributed by atoms with Gasteiger partial charge in [0.15, 0.2) is 0 Å². The van der Waals surface area contributed by atoms with Crippen molar-refractivity contribution in [3.8, 4) is 0 Å². The van der Waals surface area contributed by atoms with Crippen molar-refractivity contribution in [2.45, 2.75) is 105 Å². The Morgan fingerprint density at radius 3 is 1.58 bits per heavy atom. The number of hydrogen-bond acceptors (Lipinski definition) is 0. The van der Waals surface area contributed by atoms with Crippen LogP contribution < -0.4 is 0 Å². The molecule has 0 spiro atoms. The Bertz CT molecular complexity index is 171. The van der Waals surface area contributed by atoms with E-state index in [1.165, 1.54) is 70.6 Å². The van der Waals surface area contributed by atoms with Gasteiger partial charge in [0, 0.05) is 0 Å². The fourth-order valence-corrected chi connectivity index (χ4v) is 2.74. The summed E-state index contributed by atoms with van der Waals surface area (Å²) >= 11 is 0. The molecule has 0 radical (unpaired) electrons. The Kier molecular flexibility index (Phi) is 13.0. The second-order valence-corrected chi connectivity index (χ2v) is 7.29. The smallest absolute Gasteiger partial charge is 0.0443 e. The summed E-state index contributed by atoms with van der Waals surface area (Å²) < 4.78 is 0. The van der Waals surface area contributed by atoms with Gasteiger partial charge in [0.1, 0.15) is 0 Å². The van der Waals surface area contributed by atoms with Gasteiger partial charge < -0.3 is 0 Å². The molecule has 0 heterocycles. The molecule has 0 aliphatic carbocycles. The summed E-state index contributed by atoms with van der Waals surface area (Å²) in [5.74, 6) is 2.79. The lowest BCUT2D eigenvalue weighted by Crippen LogP contribution is -1.98. The highest BCUT2D eigenvalue weighted by Crippen LogP contribution is 2.20. The summed E-state index contributed by atoms with van der Waals surface area (Å²) in [5, 5.41) is 0. The van der Waals surface area contributed by atoms with E-state index < -0.39 is 0 Å². The van der Waals surface area contributed by atoms with Crippen molar-refractivity contribution in [2.75, 3.05) is 0 Å². The fourth-order valence-electron chi connectivity index (χ4n) is 2.74. The largest absolute Gasteiger partial charge is 0.0651 e. The minimum absolute atomic E-state index is 0.894. The summed E-state index contributed by atoms with van der Waals surface area (Å²) in [6, 6.07) is 0. The molecule has 0 rings (SSSR count). The van der Waals surface area contributed by atoms with E-state index in [2.05, 4.69) is 34.6 Å². The van der Waals surface area contributed by atoms with Crippen LogP contribution in [0, 0.1) is 17.8 Å². The Balaban J connectivity index is 3.22. The molecule has 0 aromatic heterocycles. The van der Waals surface area contributed by atoms with Gasteiger partial charge >= 0.3 is 0 Å². The lowest BCUT2D eigenvalue weighted by atomic mass is 9.93. The minimum Gasteiger partial charge on any atom is -0.0651 e. The zero-order valence-electron chi connectivity index (χ0n) is 14.5. The van der Waals surface area contributed by atoms with Crippen LogP contribution in [0.15, 0.2) is 0 Å². The Hall–Kier alpha value is 0. The van der Waals surface area contributed by atoms with Crippen molar-refractivity contribution in [1.29, 1.82) is 0 Å². The van der Waals surface area contributed by atoms with Crippen molar-refractivity contribution >= 4 is 0 Å². The molecule has 0 aliphatic rings. The molecule has 0 saturated carbocycles. The lowest BCUT2D eigenvalue weighted by molar-refractivity contribution is 0.404. The van der Waals surface area contributed by atoms with Crippen molar-refractivity contribution in [3.63, 3.8) is 0 Å². The molecule has 116 valence electrons. The average molecular weight is 269 g/mol. The third-order valence-corrected chi connectivity index (χ3v) is 4.57. The van der Waals surface area contributed by atoms with Crippen molar-refractivity contribution in [1.82, 2.24) is 0 Å². The van der Waals surface area contributed by atoms with Crippen LogP contribution in [0.1, 0.15) is 105 Å². The first-order chi connectivity index (χ1) is 9.06. The van der Waals surface area contributed by atoms with Gasteiger partial charge in [-0.05, 0) is 17.8 Å². The molecule has 0 amide bonds. The molecule has 0 saturated heterocycles. The zero-order valence-corrected chi connectivity index (χ0v) is 14.5. The summed E-state index contributed by atoms with van der Waals surface area (Å²) in [7, 11) is 0. The van der Waals surface area contributed by atoms with E-state index in [0.29, 0.717) is 0 Å². The lowest BCUT2D eigenvalue weighted by Gasteiger charge is -2.13. The number of rotatable bonds is 13. The van der Waals surface area contributed by atoms with Crippen molar-refractivity contribution < 1.29 is 0 Å². The van der Waals surface area contributed by atoms with Crippen molar-refractivity contribution in [3.05, 3.63) is 0 Å².